The maximum atomic E-state index is 11.3. The fraction of sp³-hybridized carbons (Fsp3) is 0.364. The fourth-order valence-electron chi connectivity index (χ4n) is 2.80. The van der Waals surface area contributed by atoms with Gasteiger partial charge in [0, 0.05) is 18.8 Å². The first kappa shape index (κ1) is 27.1. The molecule has 0 heterocycles. The average Bonchev–Trinajstić information content (AvgIpc) is 2.80. The third kappa shape index (κ3) is 7.98. The van der Waals surface area contributed by atoms with Gasteiger partial charge in [-0.1, -0.05) is 12.1 Å². The summed E-state index contributed by atoms with van der Waals surface area (Å²) in [6.07, 6.45) is -0.501. The van der Waals surface area contributed by atoms with E-state index in [0.29, 0.717) is 42.0 Å². The van der Waals surface area contributed by atoms with Crippen molar-refractivity contribution in [2.45, 2.75) is 20.0 Å². The summed E-state index contributed by atoms with van der Waals surface area (Å²) in [5.41, 5.74) is 2.62. The molecule has 0 radical (unpaired) electrons. The lowest BCUT2D eigenvalue weighted by Crippen LogP contribution is -2.36. The Balaban J connectivity index is 0.00000512. The molecule has 10 heteroatoms. The van der Waals surface area contributed by atoms with Gasteiger partial charge in [-0.3, -0.25) is 5.32 Å². The van der Waals surface area contributed by atoms with Crippen LogP contribution in [0.4, 0.5) is 10.5 Å². The summed E-state index contributed by atoms with van der Waals surface area (Å²) < 4.78 is 20.7. The number of halogens is 1. The molecule has 176 valence electrons. The van der Waals surface area contributed by atoms with Gasteiger partial charge >= 0.3 is 6.09 Å². The van der Waals surface area contributed by atoms with E-state index in [4.69, 9.17) is 14.2 Å². The van der Waals surface area contributed by atoms with Gasteiger partial charge < -0.3 is 29.6 Å². The molecule has 0 spiro atoms. The van der Waals surface area contributed by atoms with Crippen LogP contribution in [0.5, 0.6) is 17.2 Å². The van der Waals surface area contributed by atoms with Gasteiger partial charge in [-0.25, -0.2) is 9.79 Å². The Morgan fingerprint density at radius 2 is 1.53 bits per heavy atom. The Labute approximate surface area is 205 Å². The number of anilines is 1. The lowest BCUT2D eigenvalue weighted by Gasteiger charge is -2.14. The highest BCUT2D eigenvalue weighted by atomic mass is 127. The summed E-state index contributed by atoms with van der Waals surface area (Å²) in [6.45, 7) is 3.72. The van der Waals surface area contributed by atoms with Gasteiger partial charge in [0.05, 0.1) is 35.0 Å². The molecular formula is C22H31IN4O5. The van der Waals surface area contributed by atoms with Crippen molar-refractivity contribution in [3.63, 3.8) is 0 Å². The number of carbonyl (C=O) groups is 1. The van der Waals surface area contributed by atoms with Crippen LogP contribution in [-0.2, 0) is 17.8 Å². The molecule has 0 saturated heterocycles. The second kappa shape index (κ2) is 14.2. The molecule has 0 atom stereocenters. The molecule has 0 fully saturated rings. The van der Waals surface area contributed by atoms with Crippen LogP contribution in [0.1, 0.15) is 18.1 Å². The van der Waals surface area contributed by atoms with Crippen LogP contribution >= 0.6 is 24.0 Å². The number of rotatable bonds is 9. The Kier molecular flexibility index (Phi) is 12.1. The summed E-state index contributed by atoms with van der Waals surface area (Å²) in [5, 5.41) is 9.15. The highest BCUT2D eigenvalue weighted by Crippen LogP contribution is 2.38. The Morgan fingerprint density at radius 3 is 2.03 bits per heavy atom. The lowest BCUT2D eigenvalue weighted by atomic mass is 10.2. The van der Waals surface area contributed by atoms with Crippen molar-refractivity contribution in [3.05, 3.63) is 47.5 Å². The van der Waals surface area contributed by atoms with E-state index in [1.54, 1.807) is 21.3 Å². The molecule has 1 amide bonds. The highest BCUT2D eigenvalue weighted by Gasteiger charge is 2.13. The largest absolute Gasteiger partial charge is 0.493 e. The quantitative estimate of drug-likeness (QED) is 0.245. The lowest BCUT2D eigenvalue weighted by molar-refractivity contribution is 0.187. The average molecular weight is 558 g/mol. The molecule has 0 aromatic heterocycles. The highest BCUT2D eigenvalue weighted by molar-refractivity contribution is 14.0. The third-order valence-corrected chi connectivity index (χ3v) is 4.33. The zero-order valence-electron chi connectivity index (χ0n) is 19.0. The second-order valence-electron chi connectivity index (χ2n) is 6.40. The number of nitrogens with zero attached hydrogens (tertiary/aromatic N) is 1. The van der Waals surface area contributed by atoms with E-state index < -0.39 is 6.09 Å². The van der Waals surface area contributed by atoms with Gasteiger partial charge in [0.1, 0.15) is 0 Å². The molecule has 2 rings (SSSR count). The third-order valence-electron chi connectivity index (χ3n) is 4.33. The SMILES string of the molecule is CCNC(=NCc1cc(OC)c(OC)c(OC)c1)NCc1ccc(NC(=O)OC)cc1.I. The first-order chi connectivity index (χ1) is 15.0. The maximum absolute atomic E-state index is 11.3. The van der Waals surface area contributed by atoms with Crippen LogP contribution in [0.2, 0.25) is 0 Å². The zero-order chi connectivity index (χ0) is 22.6. The van der Waals surface area contributed by atoms with Crippen molar-refractivity contribution >= 4 is 41.7 Å². The number of methoxy groups -OCH3 is 4. The van der Waals surface area contributed by atoms with Crippen molar-refractivity contribution < 1.29 is 23.7 Å². The summed E-state index contributed by atoms with van der Waals surface area (Å²) in [7, 11) is 6.07. The van der Waals surface area contributed by atoms with Gasteiger partial charge in [0.25, 0.3) is 0 Å². The fourth-order valence-corrected chi connectivity index (χ4v) is 2.80. The van der Waals surface area contributed by atoms with Gasteiger partial charge in [-0.05, 0) is 42.3 Å². The second-order valence-corrected chi connectivity index (χ2v) is 6.40. The number of ether oxygens (including phenoxy) is 4. The van der Waals surface area contributed by atoms with E-state index in [9.17, 15) is 4.79 Å². The van der Waals surface area contributed by atoms with E-state index in [0.717, 1.165) is 17.7 Å². The van der Waals surface area contributed by atoms with Crippen molar-refractivity contribution in [1.82, 2.24) is 10.6 Å². The monoisotopic (exact) mass is 558 g/mol. The maximum Gasteiger partial charge on any atom is 0.411 e. The predicted octanol–water partition coefficient (Wildman–Crippen LogP) is 3.76. The summed E-state index contributed by atoms with van der Waals surface area (Å²) in [5.74, 6) is 2.40. The minimum atomic E-state index is -0.501. The number of amides is 1. The Morgan fingerprint density at radius 1 is 0.906 bits per heavy atom. The molecule has 0 bridgehead atoms. The Hall–Kier alpha value is -2.89. The van der Waals surface area contributed by atoms with Crippen molar-refractivity contribution in [1.29, 1.82) is 0 Å². The standard InChI is InChI=1S/C22H30N4O5.HI/c1-6-23-21(24-13-15-7-9-17(10-8-15)26-22(27)31-5)25-14-16-11-18(28-2)20(30-4)19(12-16)29-3;/h7-12H,6,13-14H2,1-5H3,(H,26,27)(H2,23,24,25);1H. The van der Waals surface area contributed by atoms with Gasteiger partial charge in [0.2, 0.25) is 5.75 Å². The molecule has 0 aliphatic heterocycles. The van der Waals surface area contributed by atoms with E-state index in [1.165, 1.54) is 7.11 Å². The number of guanidine groups is 1. The number of hydrogen-bond donors (Lipinski definition) is 3. The van der Waals surface area contributed by atoms with E-state index >= 15 is 0 Å². The molecule has 2 aromatic rings. The number of nitrogens with one attached hydrogen (secondary N) is 3. The van der Waals surface area contributed by atoms with Crippen LogP contribution in [0, 0.1) is 0 Å². The van der Waals surface area contributed by atoms with Crippen LogP contribution in [0.15, 0.2) is 41.4 Å². The first-order valence-corrected chi connectivity index (χ1v) is 9.79. The minimum absolute atomic E-state index is 0. The summed E-state index contributed by atoms with van der Waals surface area (Å²) in [4.78, 5) is 15.9. The molecule has 0 saturated carbocycles. The van der Waals surface area contributed by atoms with Gasteiger partial charge in [-0.2, -0.15) is 0 Å². The van der Waals surface area contributed by atoms with Gasteiger partial charge in [0.15, 0.2) is 17.5 Å². The molecule has 9 nitrogen and oxygen atoms in total. The molecule has 0 aliphatic rings. The Bertz CT molecular complexity index is 865. The zero-order valence-corrected chi connectivity index (χ0v) is 21.3. The van der Waals surface area contributed by atoms with E-state index in [-0.39, 0.29) is 24.0 Å². The smallest absolute Gasteiger partial charge is 0.411 e. The minimum Gasteiger partial charge on any atom is -0.493 e. The normalized spacial score (nSPS) is 10.5. The van der Waals surface area contributed by atoms with Crippen LogP contribution in [0.25, 0.3) is 0 Å². The molecule has 2 aromatic carbocycles. The number of aliphatic imine (C=N–C) groups is 1. The molecular weight excluding hydrogens is 527 g/mol. The van der Waals surface area contributed by atoms with Crippen molar-refractivity contribution in [3.8, 4) is 17.2 Å². The van der Waals surface area contributed by atoms with E-state index in [1.807, 2.05) is 43.3 Å². The predicted molar refractivity (Wildman–Crippen MR) is 136 cm³/mol. The van der Waals surface area contributed by atoms with E-state index in [2.05, 4.69) is 25.7 Å². The number of benzene rings is 2. The molecule has 3 N–H and O–H groups in total. The number of carbonyl (C=O) groups excluding carboxylic acids is 1. The van der Waals surface area contributed by atoms with Gasteiger partial charge in [-0.15, -0.1) is 24.0 Å². The summed E-state index contributed by atoms with van der Waals surface area (Å²) in [6, 6.07) is 11.2. The van der Waals surface area contributed by atoms with Crippen molar-refractivity contribution in [2.75, 3.05) is 40.3 Å². The molecule has 32 heavy (non-hydrogen) atoms. The van der Waals surface area contributed by atoms with Crippen molar-refractivity contribution in [2.24, 2.45) is 4.99 Å². The van der Waals surface area contributed by atoms with Crippen LogP contribution in [0.3, 0.4) is 0 Å². The molecule has 0 unspecified atom stereocenters. The topological polar surface area (TPSA) is 102 Å². The van der Waals surface area contributed by atoms with Crippen LogP contribution in [-0.4, -0.2) is 47.0 Å². The van der Waals surface area contributed by atoms with Crippen LogP contribution < -0.4 is 30.2 Å². The first-order valence-electron chi connectivity index (χ1n) is 9.79. The number of hydrogen-bond acceptors (Lipinski definition) is 6. The molecule has 0 aliphatic carbocycles. The summed E-state index contributed by atoms with van der Waals surface area (Å²) >= 11 is 0.